The second-order valence-corrected chi connectivity index (χ2v) is 4.20. The highest BCUT2D eigenvalue weighted by Crippen LogP contribution is 2.32. The molecule has 2 rings (SSSR count). The Balaban J connectivity index is 2.41. The van der Waals surface area contributed by atoms with Gasteiger partial charge in [-0.05, 0) is 26.0 Å². The molecule has 1 aliphatic rings. The van der Waals surface area contributed by atoms with Crippen molar-refractivity contribution >= 4 is 11.4 Å². The first-order valence-electron chi connectivity index (χ1n) is 5.27. The van der Waals surface area contributed by atoms with Crippen LogP contribution in [-0.2, 0) is 0 Å². The highest BCUT2D eigenvalue weighted by Gasteiger charge is 2.20. The van der Waals surface area contributed by atoms with E-state index in [-0.39, 0.29) is 0 Å². The minimum Gasteiger partial charge on any atom is -0.371 e. The lowest BCUT2D eigenvalue weighted by molar-refractivity contribution is 0.655. The molecule has 76 valence electrons. The summed E-state index contributed by atoms with van der Waals surface area (Å²) in [6.45, 7) is 6.75. The van der Waals surface area contributed by atoms with Crippen LogP contribution in [0.15, 0.2) is 24.3 Å². The van der Waals surface area contributed by atoms with Gasteiger partial charge in [0, 0.05) is 26.2 Å². The summed E-state index contributed by atoms with van der Waals surface area (Å²) in [6.07, 6.45) is 0. The van der Waals surface area contributed by atoms with Crippen molar-refractivity contribution in [3.8, 4) is 0 Å². The normalized spacial score (nSPS) is 16.0. The summed E-state index contributed by atoms with van der Waals surface area (Å²) < 4.78 is 0. The number of hydrogen-bond acceptors (Lipinski definition) is 2. The number of hydrogen-bond donors (Lipinski definition) is 0. The van der Waals surface area contributed by atoms with Crippen LogP contribution in [0.4, 0.5) is 11.4 Å². The molecule has 14 heavy (non-hydrogen) atoms. The van der Waals surface area contributed by atoms with Crippen LogP contribution in [-0.4, -0.2) is 26.2 Å². The molecule has 1 aliphatic heterocycles. The van der Waals surface area contributed by atoms with Crippen molar-refractivity contribution in [1.29, 1.82) is 0 Å². The number of anilines is 2. The largest absolute Gasteiger partial charge is 0.371 e. The molecule has 0 spiro atoms. The zero-order valence-corrected chi connectivity index (χ0v) is 9.20. The van der Waals surface area contributed by atoms with Crippen LogP contribution >= 0.6 is 0 Å². The highest BCUT2D eigenvalue weighted by molar-refractivity contribution is 5.73. The third-order valence-corrected chi connectivity index (χ3v) is 2.90. The lowest BCUT2D eigenvalue weighted by Gasteiger charge is -2.39. The van der Waals surface area contributed by atoms with Gasteiger partial charge in [0.05, 0.1) is 11.4 Å². The Morgan fingerprint density at radius 2 is 1.71 bits per heavy atom. The summed E-state index contributed by atoms with van der Waals surface area (Å²) in [4.78, 5) is 4.80. The maximum atomic E-state index is 2.47. The Bertz CT molecular complexity index is 320. The van der Waals surface area contributed by atoms with Crippen molar-refractivity contribution in [2.45, 2.75) is 19.9 Å². The van der Waals surface area contributed by atoms with Gasteiger partial charge in [-0.1, -0.05) is 12.1 Å². The third kappa shape index (κ3) is 1.45. The molecular weight excluding hydrogens is 172 g/mol. The Labute approximate surface area is 86.1 Å². The summed E-state index contributed by atoms with van der Waals surface area (Å²) in [5.41, 5.74) is 2.73. The molecule has 1 aromatic rings. The second kappa shape index (κ2) is 3.52. The minimum atomic E-state index is 0.588. The van der Waals surface area contributed by atoms with Crippen LogP contribution in [0.3, 0.4) is 0 Å². The van der Waals surface area contributed by atoms with Crippen LogP contribution in [0.25, 0.3) is 0 Å². The SMILES string of the molecule is CC(C)N1CCN(C)c2ccccc21. The van der Waals surface area contributed by atoms with Crippen LogP contribution in [0, 0.1) is 0 Å². The average Bonchev–Trinajstić information content (AvgIpc) is 2.18. The van der Waals surface area contributed by atoms with Crippen molar-refractivity contribution in [2.24, 2.45) is 0 Å². The van der Waals surface area contributed by atoms with E-state index in [1.807, 2.05) is 0 Å². The van der Waals surface area contributed by atoms with Crippen LogP contribution in [0.1, 0.15) is 13.8 Å². The van der Waals surface area contributed by atoms with Gasteiger partial charge in [0.25, 0.3) is 0 Å². The third-order valence-electron chi connectivity index (χ3n) is 2.90. The number of nitrogens with zero attached hydrogens (tertiary/aromatic N) is 2. The Kier molecular flexibility index (Phi) is 2.36. The minimum absolute atomic E-state index is 0.588. The van der Waals surface area contributed by atoms with Gasteiger partial charge in [-0.3, -0.25) is 0 Å². The predicted octanol–water partition coefficient (Wildman–Crippen LogP) is 2.35. The zero-order chi connectivity index (χ0) is 10.1. The predicted molar refractivity (Wildman–Crippen MR) is 62.2 cm³/mol. The van der Waals surface area contributed by atoms with E-state index in [1.54, 1.807) is 0 Å². The summed E-state index contributed by atoms with van der Waals surface area (Å²) in [7, 11) is 2.16. The van der Waals surface area contributed by atoms with Crippen molar-refractivity contribution in [1.82, 2.24) is 0 Å². The number of likely N-dealkylation sites (N-methyl/N-ethyl adjacent to an activating group) is 1. The number of para-hydroxylation sites is 2. The standard InChI is InChI=1S/C12H18N2/c1-10(2)14-9-8-13(3)11-6-4-5-7-12(11)14/h4-7,10H,8-9H2,1-3H3. The fourth-order valence-corrected chi connectivity index (χ4v) is 2.06. The van der Waals surface area contributed by atoms with Crippen molar-refractivity contribution in [3.63, 3.8) is 0 Å². The van der Waals surface area contributed by atoms with E-state index in [0.29, 0.717) is 6.04 Å². The molecule has 1 heterocycles. The van der Waals surface area contributed by atoms with Crippen molar-refractivity contribution in [2.75, 3.05) is 29.9 Å². The molecule has 0 bridgehead atoms. The molecule has 0 saturated carbocycles. The Morgan fingerprint density at radius 1 is 1.07 bits per heavy atom. The smallest absolute Gasteiger partial charge is 0.0606 e. The van der Waals surface area contributed by atoms with E-state index in [9.17, 15) is 0 Å². The molecule has 2 heteroatoms. The second-order valence-electron chi connectivity index (χ2n) is 4.20. The fourth-order valence-electron chi connectivity index (χ4n) is 2.06. The summed E-state index contributed by atoms with van der Waals surface area (Å²) in [5.74, 6) is 0. The van der Waals surface area contributed by atoms with Crippen molar-refractivity contribution < 1.29 is 0 Å². The van der Waals surface area contributed by atoms with E-state index in [4.69, 9.17) is 0 Å². The van der Waals surface area contributed by atoms with E-state index in [2.05, 4.69) is 55.0 Å². The number of benzene rings is 1. The van der Waals surface area contributed by atoms with Gasteiger partial charge < -0.3 is 9.80 Å². The van der Waals surface area contributed by atoms with Gasteiger partial charge in [-0.25, -0.2) is 0 Å². The van der Waals surface area contributed by atoms with Gasteiger partial charge in [0.2, 0.25) is 0 Å². The van der Waals surface area contributed by atoms with E-state index >= 15 is 0 Å². The Morgan fingerprint density at radius 3 is 2.36 bits per heavy atom. The first kappa shape index (κ1) is 9.38. The van der Waals surface area contributed by atoms with Gasteiger partial charge >= 0.3 is 0 Å². The van der Waals surface area contributed by atoms with Crippen molar-refractivity contribution in [3.05, 3.63) is 24.3 Å². The van der Waals surface area contributed by atoms with Gasteiger partial charge in [-0.2, -0.15) is 0 Å². The van der Waals surface area contributed by atoms with E-state index in [0.717, 1.165) is 13.1 Å². The molecule has 0 amide bonds. The molecular formula is C12H18N2. The first-order chi connectivity index (χ1) is 6.70. The highest BCUT2D eigenvalue weighted by atomic mass is 15.3. The van der Waals surface area contributed by atoms with Gasteiger partial charge in [0.15, 0.2) is 0 Å². The molecule has 0 saturated heterocycles. The molecule has 0 fully saturated rings. The molecule has 0 radical (unpaired) electrons. The van der Waals surface area contributed by atoms with E-state index in [1.165, 1.54) is 11.4 Å². The lowest BCUT2D eigenvalue weighted by atomic mass is 10.1. The summed E-state index contributed by atoms with van der Waals surface area (Å²) in [6, 6.07) is 9.23. The maximum Gasteiger partial charge on any atom is 0.0606 e. The van der Waals surface area contributed by atoms with Crippen LogP contribution in [0.2, 0.25) is 0 Å². The fraction of sp³-hybridized carbons (Fsp3) is 0.500. The van der Waals surface area contributed by atoms with Gasteiger partial charge in [0.1, 0.15) is 0 Å². The Hall–Kier alpha value is -1.18. The topological polar surface area (TPSA) is 6.48 Å². The lowest BCUT2D eigenvalue weighted by Crippen LogP contribution is -2.42. The van der Waals surface area contributed by atoms with Crippen LogP contribution < -0.4 is 9.80 Å². The first-order valence-corrected chi connectivity index (χ1v) is 5.27. The maximum absolute atomic E-state index is 2.47. The van der Waals surface area contributed by atoms with Gasteiger partial charge in [-0.15, -0.1) is 0 Å². The van der Waals surface area contributed by atoms with Crippen LogP contribution in [0.5, 0.6) is 0 Å². The summed E-state index contributed by atoms with van der Waals surface area (Å²) in [5, 5.41) is 0. The molecule has 0 N–H and O–H groups in total. The molecule has 0 unspecified atom stereocenters. The molecule has 0 aromatic heterocycles. The van der Waals surface area contributed by atoms with E-state index < -0.39 is 0 Å². The quantitative estimate of drug-likeness (QED) is 0.670. The summed E-state index contributed by atoms with van der Waals surface area (Å²) >= 11 is 0. The monoisotopic (exact) mass is 190 g/mol. The number of fused-ring (bicyclic) bond motifs is 1. The molecule has 0 aliphatic carbocycles. The molecule has 1 aromatic carbocycles. The average molecular weight is 190 g/mol. The molecule has 2 nitrogen and oxygen atoms in total. The molecule has 0 atom stereocenters. The number of rotatable bonds is 1. The zero-order valence-electron chi connectivity index (χ0n) is 9.20.